The molecule has 0 saturated heterocycles. The molecule has 4 nitrogen and oxygen atoms in total. The average Bonchev–Trinajstić information content (AvgIpc) is 2.94. The molecule has 1 saturated carbocycles. The smallest absolute Gasteiger partial charge is 0.326 e. The highest BCUT2D eigenvalue weighted by molar-refractivity contribution is 5.80. The van der Waals surface area contributed by atoms with E-state index in [1.807, 2.05) is 20.8 Å². The maximum absolute atomic E-state index is 11.4. The van der Waals surface area contributed by atoms with E-state index >= 15 is 0 Å². The first-order valence-corrected chi connectivity index (χ1v) is 5.61. The first-order valence-electron chi connectivity index (χ1n) is 5.61. The van der Waals surface area contributed by atoms with Crippen LogP contribution in [0.5, 0.6) is 0 Å². The zero-order chi connectivity index (χ0) is 11.5. The lowest BCUT2D eigenvalue weighted by molar-refractivity contribution is -0.149. The second-order valence-corrected chi connectivity index (χ2v) is 4.49. The van der Waals surface area contributed by atoms with E-state index in [9.17, 15) is 9.90 Å². The van der Waals surface area contributed by atoms with E-state index in [1.54, 1.807) is 0 Å². The van der Waals surface area contributed by atoms with E-state index in [4.69, 9.17) is 4.74 Å². The summed E-state index contributed by atoms with van der Waals surface area (Å²) in [6.45, 7) is 6.64. The third-order valence-electron chi connectivity index (χ3n) is 2.74. The third kappa shape index (κ3) is 2.92. The van der Waals surface area contributed by atoms with Crippen LogP contribution in [0.1, 0.15) is 33.6 Å². The van der Waals surface area contributed by atoms with Crippen molar-refractivity contribution in [2.45, 2.75) is 45.2 Å². The van der Waals surface area contributed by atoms with Gasteiger partial charge in [0.25, 0.3) is 0 Å². The Hall–Kier alpha value is -0.610. The molecule has 0 spiro atoms. The van der Waals surface area contributed by atoms with Crippen LogP contribution in [-0.4, -0.2) is 35.9 Å². The van der Waals surface area contributed by atoms with Crippen LogP contribution in [0.25, 0.3) is 0 Å². The predicted molar refractivity (Wildman–Crippen MR) is 57.9 cm³/mol. The van der Waals surface area contributed by atoms with E-state index in [1.165, 1.54) is 0 Å². The van der Waals surface area contributed by atoms with E-state index < -0.39 is 11.5 Å². The number of carboxylic acids is 1. The molecule has 0 amide bonds. The molecule has 0 aromatic carbocycles. The van der Waals surface area contributed by atoms with Crippen molar-refractivity contribution in [3.8, 4) is 0 Å². The molecule has 88 valence electrons. The summed E-state index contributed by atoms with van der Waals surface area (Å²) in [5.74, 6) is -0.559. The lowest BCUT2D eigenvalue weighted by Crippen LogP contribution is -2.59. The molecule has 0 bridgehead atoms. The van der Waals surface area contributed by atoms with Crippen LogP contribution >= 0.6 is 0 Å². The molecule has 0 aromatic heterocycles. The Morgan fingerprint density at radius 2 is 2.20 bits per heavy atom. The van der Waals surface area contributed by atoms with Crippen molar-refractivity contribution < 1.29 is 14.6 Å². The van der Waals surface area contributed by atoms with E-state index in [2.05, 4.69) is 5.32 Å². The minimum atomic E-state index is -0.871. The molecule has 15 heavy (non-hydrogen) atoms. The minimum absolute atomic E-state index is 0.155. The van der Waals surface area contributed by atoms with Gasteiger partial charge in [0.15, 0.2) is 0 Å². The average molecular weight is 215 g/mol. The Morgan fingerprint density at radius 1 is 1.60 bits per heavy atom. The molecule has 0 radical (unpaired) electrons. The predicted octanol–water partition coefficient (Wildman–Crippen LogP) is 1.25. The monoisotopic (exact) mass is 215 g/mol. The lowest BCUT2D eigenvalue weighted by atomic mass is 9.93. The van der Waals surface area contributed by atoms with Crippen LogP contribution in [0, 0.1) is 5.92 Å². The van der Waals surface area contributed by atoms with E-state index in [-0.39, 0.29) is 18.6 Å². The zero-order valence-electron chi connectivity index (χ0n) is 9.75. The van der Waals surface area contributed by atoms with Gasteiger partial charge >= 0.3 is 5.97 Å². The van der Waals surface area contributed by atoms with Gasteiger partial charge < -0.3 is 9.84 Å². The Labute approximate surface area is 91.0 Å². The highest BCUT2D eigenvalue weighted by atomic mass is 16.5. The normalized spacial score (nSPS) is 20.3. The first kappa shape index (κ1) is 12.5. The summed E-state index contributed by atoms with van der Waals surface area (Å²) < 4.78 is 5.32. The Kier molecular flexibility index (Phi) is 4.11. The first-order chi connectivity index (χ1) is 7.03. The summed E-state index contributed by atoms with van der Waals surface area (Å²) >= 11 is 0. The van der Waals surface area contributed by atoms with E-state index in [0.717, 1.165) is 12.8 Å². The molecule has 0 aliphatic heterocycles. The topological polar surface area (TPSA) is 58.6 Å². The molecule has 1 unspecified atom stereocenters. The van der Waals surface area contributed by atoms with Gasteiger partial charge in [0.1, 0.15) is 5.54 Å². The molecular formula is C11H21NO3. The molecule has 1 fully saturated rings. The fourth-order valence-corrected chi connectivity index (χ4v) is 1.93. The fourth-order valence-electron chi connectivity index (χ4n) is 1.93. The molecule has 1 aliphatic rings. The highest BCUT2D eigenvalue weighted by Gasteiger charge is 2.51. The fraction of sp³-hybridized carbons (Fsp3) is 0.909. The van der Waals surface area contributed by atoms with Crippen molar-refractivity contribution in [2.75, 3.05) is 13.2 Å². The highest BCUT2D eigenvalue weighted by Crippen LogP contribution is 2.40. The zero-order valence-corrected chi connectivity index (χ0v) is 9.75. The van der Waals surface area contributed by atoms with Crippen LogP contribution < -0.4 is 5.32 Å². The molecular weight excluding hydrogens is 194 g/mol. The van der Waals surface area contributed by atoms with Crippen molar-refractivity contribution in [2.24, 2.45) is 5.92 Å². The van der Waals surface area contributed by atoms with Crippen LogP contribution in [0.3, 0.4) is 0 Å². The second-order valence-electron chi connectivity index (χ2n) is 4.49. The number of hydrogen-bond acceptors (Lipinski definition) is 3. The van der Waals surface area contributed by atoms with Gasteiger partial charge in [-0.1, -0.05) is 0 Å². The summed E-state index contributed by atoms with van der Waals surface area (Å²) in [5.41, 5.74) is -0.871. The number of rotatable bonds is 7. The minimum Gasteiger partial charge on any atom is -0.480 e. The van der Waals surface area contributed by atoms with Crippen molar-refractivity contribution in [1.82, 2.24) is 5.32 Å². The van der Waals surface area contributed by atoms with Crippen molar-refractivity contribution in [1.29, 1.82) is 0 Å². The van der Waals surface area contributed by atoms with Crippen LogP contribution in [0.4, 0.5) is 0 Å². The summed E-state index contributed by atoms with van der Waals surface area (Å²) in [6, 6.07) is 0.155. The SMILES string of the molecule is CCOCC(NC(C)C)(C(=O)O)C1CC1. The molecule has 0 heterocycles. The number of carboxylic acid groups (broad SMARTS) is 1. The van der Waals surface area contributed by atoms with Gasteiger partial charge in [0, 0.05) is 12.6 Å². The van der Waals surface area contributed by atoms with Crippen LogP contribution in [0.2, 0.25) is 0 Å². The van der Waals surface area contributed by atoms with Gasteiger partial charge in [-0.15, -0.1) is 0 Å². The van der Waals surface area contributed by atoms with E-state index in [0.29, 0.717) is 6.61 Å². The van der Waals surface area contributed by atoms with Crippen molar-refractivity contribution >= 4 is 5.97 Å². The number of hydrogen-bond donors (Lipinski definition) is 2. The maximum atomic E-state index is 11.4. The largest absolute Gasteiger partial charge is 0.480 e. The summed E-state index contributed by atoms with van der Waals surface area (Å²) in [5, 5.41) is 12.5. The van der Waals surface area contributed by atoms with Crippen molar-refractivity contribution in [3.63, 3.8) is 0 Å². The van der Waals surface area contributed by atoms with Crippen LogP contribution in [-0.2, 0) is 9.53 Å². The van der Waals surface area contributed by atoms with Crippen LogP contribution in [0.15, 0.2) is 0 Å². The van der Waals surface area contributed by atoms with Gasteiger partial charge in [-0.25, -0.2) is 0 Å². The summed E-state index contributed by atoms with van der Waals surface area (Å²) in [4.78, 5) is 11.4. The summed E-state index contributed by atoms with van der Waals surface area (Å²) in [7, 11) is 0. The van der Waals surface area contributed by atoms with Gasteiger partial charge in [-0.2, -0.15) is 0 Å². The Bertz CT molecular complexity index is 226. The summed E-state index contributed by atoms with van der Waals surface area (Å²) in [6.07, 6.45) is 1.97. The van der Waals surface area contributed by atoms with Gasteiger partial charge in [-0.05, 0) is 39.5 Å². The standard InChI is InChI=1S/C11H21NO3/c1-4-15-7-11(10(13)14,9-5-6-9)12-8(2)3/h8-9,12H,4-7H2,1-3H3,(H,13,14). The van der Waals surface area contributed by atoms with Gasteiger partial charge in [-0.3, -0.25) is 10.1 Å². The Morgan fingerprint density at radius 3 is 2.53 bits per heavy atom. The van der Waals surface area contributed by atoms with Gasteiger partial charge in [0.2, 0.25) is 0 Å². The molecule has 2 N–H and O–H groups in total. The molecule has 1 rings (SSSR count). The number of nitrogens with one attached hydrogen (secondary N) is 1. The third-order valence-corrected chi connectivity index (χ3v) is 2.74. The number of aliphatic carboxylic acids is 1. The quantitative estimate of drug-likeness (QED) is 0.671. The number of ether oxygens (including phenoxy) is 1. The molecule has 1 aliphatic carbocycles. The molecule has 1 atom stereocenters. The van der Waals surface area contributed by atoms with Crippen molar-refractivity contribution in [3.05, 3.63) is 0 Å². The Balaban J connectivity index is 2.73. The maximum Gasteiger partial charge on any atom is 0.326 e. The molecule has 0 aromatic rings. The second kappa shape index (κ2) is 4.94. The number of carbonyl (C=O) groups is 1. The molecule has 4 heteroatoms. The lowest BCUT2D eigenvalue weighted by Gasteiger charge is -2.32. The van der Waals surface area contributed by atoms with Gasteiger partial charge in [0.05, 0.1) is 6.61 Å².